The van der Waals surface area contributed by atoms with Crippen molar-refractivity contribution in [3.8, 4) is 0 Å². The van der Waals surface area contributed by atoms with Crippen LogP contribution in [0.2, 0.25) is 19.6 Å². The summed E-state index contributed by atoms with van der Waals surface area (Å²) in [6.45, 7) is 13.0. The lowest BCUT2D eigenvalue weighted by Crippen LogP contribution is -2.31. The lowest BCUT2D eigenvalue weighted by Gasteiger charge is -2.28. The molecule has 0 fully saturated rings. The van der Waals surface area contributed by atoms with Crippen molar-refractivity contribution in [2.24, 2.45) is 5.41 Å². The molecule has 0 amide bonds. The Hall–Kier alpha value is -0.903. The molecule has 2 N–H and O–H groups in total. The summed E-state index contributed by atoms with van der Waals surface area (Å²) >= 11 is 0. The van der Waals surface area contributed by atoms with Gasteiger partial charge in [0.1, 0.15) is 0 Å². The Morgan fingerprint density at radius 3 is 2.00 bits per heavy atom. The van der Waals surface area contributed by atoms with E-state index < -0.39 is 20.3 Å². The summed E-state index contributed by atoms with van der Waals surface area (Å²) in [5.74, 6) is 0. The van der Waals surface area contributed by atoms with Crippen LogP contribution in [-0.2, 0) is 0 Å². The molecule has 0 aliphatic carbocycles. The number of rotatable bonds is 6. The Labute approximate surface area is 136 Å². The zero-order chi connectivity index (χ0) is 17.0. The van der Waals surface area contributed by atoms with Crippen molar-refractivity contribution < 1.29 is 10.2 Å². The molecular weight excluding hydrogens is 288 g/mol. The van der Waals surface area contributed by atoms with Gasteiger partial charge in [0.2, 0.25) is 0 Å². The minimum Gasteiger partial charge on any atom is -0.392 e. The second kappa shape index (κ2) is 7.58. The van der Waals surface area contributed by atoms with Crippen molar-refractivity contribution in [2.75, 3.05) is 0 Å². The van der Waals surface area contributed by atoms with E-state index in [-0.39, 0.29) is 5.41 Å². The van der Waals surface area contributed by atoms with Gasteiger partial charge in [0.15, 0.2) is 0 Å². The van der Waals surface area contributed by atoms with E-state index in [1.807, 2.05) is 32.9 Å². The smallest absolute Gasteiger partial charge is 0.0745 e. The molecule has 0 aromatic heterocycles. The van der Waals surface area contributed by atoms with Gasteiger partial charge in [-0.2, -0.15) is 0 Å². The van der Waals surface area contributed by atoms with Gasteiger partial charge in [-0.15, -0.1) is 0 Å². The predicted molar refractivity (Wildman–Crippen MR) is 97.8 cm³/mol. The first-order valence-corrected chi connectivity index (χ1v) is 11.7. The van der Waals surface area contributed by atoms with Crippen LogP contribution in [0.4, 0.5) is 0 Å². The molecule has 1 rings (SSSR count). The number of aliphatic hydroxyl groups excluding tert-OH is 2. The fourth-order valence-electron chi connectivity index (χ4n) is 2.46. The summed E-state index contributed by atoms with van der Waals surface area (Å²) in [6.07, 6.45) is 3.28. The molecule has 0 aliphatic rings. The van der Waals surface area contributed by atoms with E-state index in [4.69, 9.17) is 0 Å². The Morgan fingerprint density at radius 2 is 1.55 bits per heavy atom. The van der Waals surface area contributed by atoms with Gasteiger partial charge in [-0.3, -0.25) is 0 Å². The van der Waals surface area contributed by atoms with Crippen LogP contribution in [0.25, 0.3) is 0 Å². The fraction of sp³-hybridized carbons (Fsp3) is 0.579. The molecule has 0 saturated carbocycles. The van der Waals surface area contributed by atoms with Crippen LogP contribution in [0.3, 0.4) is 0 Å². The quantitative estimate of drug-likeness (QED) is 0.604. The number of allylic oxidation sites excluding steroid dienone is 1. The Bertz CT molecular complexity index is 468. The number of aliphatic hydroxyl groups is 2. The van der Waals surface area contributed by atoms with E-state index in [0.717, 1.165) is 0 Å². The summed E-state index contributed by atoms with van der Waals surface area (Å²) in [7, 11) is -1.43. The van der Waals surface area contributed by atoms with Gasteiger partial charge in [0.05, 0.1) is 20.3 Å². The number of hydrogen-bond acceptors (Lipinski definition) is 2. The fourth-order valence-corrected chi connectivity index (χ4v) is 4.34. The lowest BCUT2D eigenvalue weighted by atomic mass is 9.86. The second-order valence-corrected chi connectivity index (χ2v) is 13.7. The van der Waals surface area contributed by atoms with Gasteiger partial charge in [-0.1, -0.05) is 82.9 Å². The van der Waals surface area contributed by atoms with Gasteiger partial charge in [-0.05, 0) is 16.5 Å². The zero-order valence-corrected chi connectivity index (χ0v) is 15.9. The molecule has 0 radical (unpaired) electrons. The van der Waals surface area contributed by atoms with E-state index in [1.54, 1.807) is 0 Å². The topological polar surface area (TPSA) is 40.5 Å². The Morgan fingerprint density at radius 1 is 1.00 bits per heavy atom. The van der Waals surface area contributed by atoms with E-state index in [0.29, 0.717) is 12.0 Å². The molecule has 0 heterocycles. The molecule has 22 heavy (non-hydrogen) atoms. The average Bonchev–Trinajstić information content (AvgIpc) is 2.37. The molecule has 0 saturated heterocycles. The van der Waals surface area contributed by atoms with Crippen LogP contribution in [0.5, 0.6) is 0 Å². The molecule has 2 nitrogen and oxygen atoms in total. The monoisotopic (exact) mass is 320 g/mol. The molecular formula is C19H32O2Si. The van der Waals surface area contributed by atoms with E-state index in [9.17, 15) is 10.2 Å². The maximum atomic E-state index is 10.2. The van der Waals surface area contributed by atoms with Crippen molar-refractivity contribution in [1.82, 2.24) is 0 Å². The Kier molecular flexibility index (Phi) is 6.60. The normalized spacial score (nSPS) is 17.5. The largest absolute Gasteiger partial charge is 0.392 e. The Balaban J connectivity index is 2.83. The van der Waals surface area contributed by atoms with E-state index in [1.165, 1.54) is 5.56 Å². The maximum Gasteiger partial charge on any atom is 0.0745 e. The second-order valence-electron chi connectivity index (χ2n) is 8.32. The van der Waals surface area contributed by atoms with Crippen LogP contribution in [-0.4, -0.2) is 30.5 Å². The third-order valence-electron chi connectivity index (χ3n) is 4.08. The standard InChI is InChI=1S/C19H32O2Si/c1-19(2,3)18(21)14-16(20)12-13-17(22(4,5)6)15-10-8-7-9-11-15/h7-13,16-18,20-21H,14H2,1-6H3/b13-12-/t16-,17+,18+/m1/s1. The maximum absolute atomic E-state index is 10.2. The van der Waals surface area contributed by atoms with Crippen molar-refractivity contribution >= 4 is 8.07 Å². The van der Waals surface area contributed by atoms with Crippen LogP contribution < -0.4 is 0 Å². The molecule has 1 aromatic rings. The van der Waals surface area contributed by atoms with Crippen LogP contribution >= 0.6 is 0 Å². The predicted octanol–water partition coefficient (Wildman–Crippen LogP) is 4.36. The molecule has 3 heteroatoms. The van der Waals surface area contributed by atoms with Crippen molar-refractivity contribution in [3.63, 3.8) is 0 Å². The minimum absolute atomic E-state index is 0.202. The molecule has 0 aliphatic heterocycles. The number of hydrogen-bond donors (Lipinski definition) is 2. The first-order valence-electron chi connectivity index (χ1n) is 8.11. The average molecular weight is 321 g/mol. The molecule has 1 aromatic carbocycles. The highest BCUT2D eigenvalue weighted by Crippen LogP contribution is 2.29. The highest BCUT2D eigenvalue weighted by Gasteiger charge is 2.27. The van der Waals surface area contributed by atoms with Crippen molar-refractivity contribution in [3.05, 3.63) is 48.0 Å². The third-order valence-corrected chi connectivity index (χ3v) is 6.47. The summed E-state index contributed by atoms with van der Waals surface area (Å²) in [4.78, 5) is 0. The van der Waals surface area contributed by atoms with Gasteiger partial charge >= 0.3 is 0 Å². The molecule has 0 bridgehead atoms. The van der Waals surface area contributed by atoms with E-state index in [2.05, 4.69) is 50.0 Å². The van der Waals surface area contributed by atoms with Gasteiger partial charge in [0.25, 0.3) is 0 Å². The summed E-state index contributed by atoms with van der Waals surface area (Å²) < 4.78 is 0. The van der Waals surface area contributed by atoms with Crippen LogP contribution in [0.15, 0.2) is 42.5 Å². The summed E-state index contributed by atoms with van der Waals surface area (Å²) in [5, 5.41) is 20.3. The third kappa shape index (κ3) is 6.07. The lowest BCUT2D eigenvalue weighted by molar-refractivity contribution is 0.0256. The molecule has 0 unspecified atom stereocenters. The highest BCUT2D eigenvalue weighted by molar-refractivity contribution is 6.78. The molecule has 3 atom stereocenters. The van der Waals surface area contributed by atoms with Crippen molar-refractivity contribution in [1.29, 1.82) is 0 Å². The van der Waals surface area contributed by atoms with Crippen LogP contribution in [0.1, 0.15) is 38.3 Å². The van der Waals surface area contributed by atoms with Gasteiger partial charge < -0.3 is 10.2 Å². The van der Waals surface area contributed by atoms with Gasteiger partial charge in [-0.25, -0.2) is 0 Å². The van der Waals surface area contributed by atoms with Crippen molar-refractivity contribution in [2.45, 2.75) is 64.6 Å². The van der Waals surface area contributed by atoms with E-state index >= 15 is 0 Å². The van der Waals surface area contributed by atoms with Crippen LogP contribution in [0, 0.1) is 5.41 Å². The zero-order valence-electron chi connectivity index (χ0n) is 14.9. The number of benzene rings is 1. The highest BCUT2D eigenvalue weighted by atomic mass is 28.3. The van der Waals surface area contributed by atoms with Gasteiger partial charge in [0, 0.05) is 6.42 Å². The summed E-state index contributed by atoms with van der Waals surface area (Å²) in [5.41, 5.74) is 1.48. The first-order chi connectivity index (χ1) is 10.0. The molecule has 124 valence electrons. The minimum atomic E-state index is -1.43. The summed E-state index contributed by atoms with van der Waals surface area (Å²) in [6, 6.07) is 10.5. The molecule has 0 spiro atoms. The SMILES string of the molecule is CC(C)(C)[C@@H](O)C[C@H](O)/C=C\[C@@H](c1ccccc1)[Si](C)(C)C. The first kappa shape index (κ1) is 19.1.